The minimum Gasteiger partial charge on any atom is -0.619 e. The Kier molecular flexibility index (Phi) is 1.27. The first-order valence-corrected chi connectivity index (χ1v) is 3.41. The second-order valence-electron chi connectivity index (χ2n) is 2.45. The fourth-order valence-corrected chi connectivity index (χ4v) is 1.08. The molecule has 0 radical (unpaired) electrons. The van der Waals surface area contributed by atoms with Crippen molar-refractivity contribution in [3.05, 3.63) is 17.6 Å². The number of imidazole rings is 1. The Morgan fingerprint density at radius 1 is 1.64 bits per heavy atom. The highest BCUT2D eigenvalue weighted by Crippen LogP contribution is 2.15. The quantitative estimate of drug-likeness (QED) is 0.463. The molecule has 1 unspecified atom stereocenters. The van der Waals surface area contributed by atoms with Crippen LogP contribution in [0.1, 0.15) is 0 Å². The largest absolute Gasteiger partial charge is 0.619 e. The molecule has 0 aromatic carbocycles. The third-order valence-electron chi connectivity index (χ3n) is 1.67. The van der Waals surface area contributed by atoms with Crippen LogP contribution < -0.4 is 4.65 Å². The number of hydrogen-bond donors (Lipinski definition) is 1. The molecule has 5 nitrogen and oxygen atoms in total. The van der Waals surface area contributed by atoms with Crippen molar-refractivity contribution in [2.45, 2.75) is 0 Å². The molecule has 1 aromatic rings. The number of hydrogen-bond acceptors (Lipinski definition) is 3. The van der Waals surface area contributed by atoms with Crippen molar-refractivity contribution in [2.75, 3.05) is 13.1 Å². The van der Waals surface area contributed by atoms with Crippen molar-refractivity contribution in [3.63, 3.8) is 0 Å². The lowest BCUT2D eigenvalue weighted by Crippen LogP contribution is -2.40. The minimum atomic E-state index is -0.549. The van der Waals surface area contributed by atoms with Crippen molar-refractivity contribution < 1.29 is 0 Å². The average Bonchev–Trinajstić information content (AvgIpc) is 2.55. The molecule has 2 heterocycles. The van der Waals surface area contributed by atoms with Crippen molar-refractivity contribution in [3.8, 4) is 0 Å². The molecule has 0 bridgehead atoms. The van der Waals surface area contributed by atoms with E-state index in [1.54, 1.807) is 12.4 Å². The Morgan fingerprint density at radius 2 is 2.55 bits per heavy atom. The molecule has 0 amide bonds. The summed E-state index contributed by atoms with van der Waals surface area (Å²) in [6.45, 7) is 1.04. The lowest BCUT2D eigenvalue weighted by molar-refractivity contribution is 0.573. The van der Waals surface area contributed by atoms with Gasteiger partial charge in [0.15, 0.2) is 6.34 Å². The lowest BCUT2D eigenvalue weighted by Gasteiger charge is -2.29. The third kappa shape index (κ3) is 0.941. The second kappa shape index (κ2) is 2.14. The van der Waals surface area contributed by atoms with Gasteiger partial charge in [-0.1, -0.05) is 0 Å². The summed E-state index contributed by atoms with van der Waals surface area (Å²) >= 11 is 0. The van der Waals surface area contributed by atoms with Gasteiger partial charge in [-0.3, -0.25) is 9.63 Å². The molecule has 0 aliphatic carbocycles. The van der Waals surface area contributed by atoms with E-state index in [-0.39, 0.29) is 0 Å². The van der Waals surface area contributed by atoms with Crippen molar-refractivity contribution in [1.29, 1.82) is 0 Å². The van der Waals surface area contributed by atoms with Gasteiger partial charge in [-0.25, -0.2) is 4.99 Å². The Bertz CT molecular complexity index is 268. The van der Waals surface area contributed by atoms with Gasteiger partial charge in [-0.2, -0.15) is 4.98 Å². The van der Waals surface area contributed by atoms with Gasteiger partial charge in [0.1, 0.15) is 6.54 Å². The molecule has 1 aliphatic rings. The molecule has 0 spiro atoms. The summed E-state index contributed by atoms with van der Waals surface area (Å²) in [6, 6.07) is 0. The molecule has 0 saturated heterocycles. The van der Waals surface area contributed by atoms with Gasteiger partial charge in [-0.15, -0.1) is 0 Å². The highest BCUT2D eigenvalue weighted by atomic mass is 16.6. The van der Waals surface area contributed by atoms with Crippen LogP contribution in [0.2, 0.25) is 0 Å². The van der Waals surface area contributed by atoms with Crippen LogP contribution in [0.4, 0.5) is 5.95 Å². The summed E-state index contributed by atoms with van der Waals surface area (Å²) in [5, 5.41) is 11.7. The van der Waals surface area contributed by atoms with Gasteiger partial charge >= 0.3 is 5.95 Å². The summed E-state index contributed by atoms with van der Waals surface area (Å²) < 4.78 is -0.549. The van der Waals surface area contributed by atoms with Gasteiger partial charge < -0.3 is 5.21 Å². The highest BCUT2D eigenvalue weighted by molar-refractivity contribution is 5.72. The SMILES string of the molecule is [O-][N+]1(c2ncc[nH]2)C=NCC1. The minimum absolute atomic E-state index is 0.409. The zero-order valence-corrected chi connectivity index (χ0v) is 5.90. The van der Waals surface area contributed by atoms with Crippen LogP contribution in [0, 0.1) is 5.21 Å². The molecule has 2 rings (SSSR count). The fourth-order valence-electron chi connectivity index (χ4n) is 1.08. The molecule has 1 N–H and O–H groups in total. The molecule has 1 aliphatic heterocycles. The van der Waals surface area contributed by atoms with E-state index in [4.69, 9.17) is 0 Å². The van der Waals surface area contributed by atoms with Gasteiger partial charge in [0, 0.05) is 6.20 Å². The predicted molar refractivity (Wildman–Crippen MR) is 42.0 cm³/mol. The number of hydroxylamine groups is 2. The fraction of sp³-hybridized carbons (Fsp3) is 0.333. The summed E-state index contributed by atoms with van der Waals surface area (Å²) in [4.78, 5) is 10.5. The summed E-state index contributed by atoms with van der Waals surface area (Å²) in [6.07, 6.45) is 4.58. The van der Waals surface area contributed by atoms with E-state index in [1.165, 1.54) is 6.34 Å². The van der Waals surface area contributed by atoms with Crippen LogP contribution in [0.15, 0.2) is 17.4 Å². The zero-order valence-electron chi connectivity index (χ0n) is 5.90. The molecule has 11 heavy (non-hydrogen) atoms. The molecular weight excluding hydrogens is 144 g/mol. The first-order chi connectivity index (χ1) is 5.31. The van der Waals surface area contributed by atoms with Gasteiger partial charge in [0.2, 0.25) is 0 Å². The molecule has 1 atom stereocenters. The van der Waals surface area contributed by atoms with E-state index < -0.39 is 4.65 Å². The van der Waals surface area contributed by atoms with Crippen LogP contribution in [-0.4, -0.2) is 29.4 Å². The van der Waals surface area contributed by atoms with E-state index >= 15 is 0 Å². The maximum absolute atomic E-state index is 11.7. The third-order valence-corrected chi connectivity index (χ3v) is 1.67. The average molecular weight is 152 g/mol. The van der Waals surface area contributed by atoms with Crippen LogP contribution in [0.3, 0.4) is 0 Å². The van der Waals surface area contributed by atoms with Crippen molar-refractivity contribution in [1.82, 2.24) is 14.6 Å². The summed E-state index contributed by atoms with van der Waals surface area (Å²) in [5.41, 5.74) is 0. The normalized spacial score (nSPS) is 29.5. The van der Waals surface area contributed by atoms with E-state index in [2.05, 4.69) is 15.0 Å². The van der Waals surface area contributed by atoms with E-state index in [9.17, 15) is 5.21 Å². The number of nitrogens with one attached hydrogen (secondary N) is 1. The number of aromatic nitrogens is 2. The van der Waals surface area contributed by atoms with E-state index in [0.29, 0.717) is 19.0 Å². The molecule has 0 fully saturated rings. The molecule has 5 heteroatoms. The molecule has 0 saturated carbocycles. The Balaban J connectivity index is 2.35. The number of aliphatic imine (C=N–C) groups is 1. The first kappa shape index (κ1) is 6.51. The number of nitrogens with zero attached hydrogens (tertiary/aromatic N) is 3. The van der Waals surface area contributed by atoms with Crippen molar-refractivity contribution >= 4 is 12.3 Å². The maximum atomic E-state index is 11.7. The van der Waals surface area contributed by atoms with Crippen LogP contribution in [-0.2, 0) is 0 Å². The van der Waals surface area contributed by atoms with Crippen molar-refractivity contribution in [2.24, 2.45) is 4.99 Å². The summed E-state index contributed by atoms with van der Waals surface area (Å²) in [7, 11) is 0. The standard InChI is InChI=1S/C6H8N4O/c11-10(4-3-7-5-10)6-8-1-2-9-6/h1-2,5H,3-4H2,(H,8,9). The Hall–Kier alpha value is -1.20. The molecule has 58 valence electrons. The maximum Gasteiger partial charge on any atom is 0.312 e. The number of aromatic amines is 1. The van der Waals surface area contributed by atoms with Crippen LogP contribution in [0.5, 0.6) is 0 Å². The van der Waals surface area contributed by atoms with Crippen LogP contribution >= 0.6 is 0 Å². The van der Waals surface area contributed by atoms with Gasteiger partial charge in [-0.05, 0) is 0 Å². The van der Waals surface area contributed by atoms with Crippen LogP contribution in [0.25, 0.3) is 0 Å². The Morgan fingerprint density at radius 3 is 3.09 bits per heavy atom. The molecular formula is C6H8N4O. The number of quaternary nitrogens is 1. The van der Waals surface area contributed by atoms with Gasteiger partial charge in [0.05, 0.1) is 12.7 Å². The van der Waals surface area contributed by atoms with E-state index in [1.807, 2.05) is 0 Å². The zero-order chi connectivity index (χ0) is 7.73. The first-order valence-electron chi connectivity index (χ1n) is 3.41. The highest BCUT2D eigenvalue weighted by Gasteiger charge is 2.24. The smallest absolute Gasteiger partial charge is 0.312 e. The number of H-pyrrole nitrogens is 1. The Labute approximate surface area is 63.6 Å². The van der Waals surface area contributed by atoms with Gasteiger partial charge in [0.25, 0.3) is 0 Å². The second-order valence-corrected chi connectivity index (χ2v) is 2.45. The topological polar surface area (TPSA) is 64.1 Å². The predicted octanol–water partition coefficient (Wildman–Crippen LogP) is 0.257. The number of rotatable bonds is 1. The van der Waals surface area contributed by atoms with E-state index in [0.717, 1.165) is 0 Å². The molecule has 1 aromatic heterocycles. The lowest BCUT2D eigenvalue weighted by atomic mass is 10.6. The summed E-state index contributed by atoms with van der Waals surface area (Å²) in [5.74, 6) is 0.409. The monoisotopic (exact) mass is 152 g/mol.